The van der Waals surface area contributed by atoms with Crippen molar-refractivity contribution >= 4 is 181 Å². The molecule has 6 heterocycles. The number of H-pyrrole nitrogens is 2. The van der Waals surface area contributed by atoms with Gasteiger partial charge >= 0.3 is 11.9 Å². The third kappa shape index (κ3) is 21.3. The Morgan fingerprint density at radius 1 is 0.598 bits per heavy atom. The van der Waals surface area contributed by atoms with E-state index in [4.69, 9.17) is 36.3 Å². The maximum Gasteiger partial charge on any atom is 0.348 e. The van der Waals surface area contributed by atoms with E-state index >= 15 is 0 Å². The molecule has 0 amide bonds. The number of nitro benzene ring substituents is 5. The largest absolute Gasteiger partial charge is 0.419 e. The van der Waals surface area contributed by atoms with E-state index in [1.54, 1.807) is 62.4 Å². The molecule has 5 N–H and O–H groups in total. The Kier molecular flexibility index (Phi) is 26.5. The smallest absolute Gasteiger partial charge is 0.348 e. The van der Waals surface area contributed by atoms with Gasteiger partial charge in [0, 0.05) is 131 Å². The van der Waals surface area contributed by atoms with Crippen LogP contribution in [0.3, 0.4) is 0 Å². The Labute approximate surface area is 593 Å². The van der Waals surface area contributed by atoms with E-state index in [2.05, 4.69) is 105 Å². The number of rotatable bonds is 10. The number of fused-ring (bicyclic) bond motifs is 3. The second-order valence-corrected chi connectivity index (χ2v) is 26.0. The number of nitro groups is 5. The number of aromatic nitrogens is 4. The molecule has 97 heavy (non-hydrogen) atoms. The maximum absolute atomic E-state index is 12.1. The lowest BCUT2D eigenvalue weighted by Crippen LogP contribution is -2.41. The number of carbonyl (C=O) groups is 3. The number of pyridine rings is 4. The Morgan fingerprint density at radius 3 is 1.61 bits per heavy atom. The first-order valence-electron chi connectivity index (χ1n) is 27.5. The molecule has 5 aromatic carbocycles. The molecule has 0 spiro atoms. The number of allylic oxidation sites excluding steroid dienone is 1. The fourth-order valence-electron chi connectivity index (χ4n) is 8.65. The van der Waals surface area contributed by atoms with E-state index in [1.807, 2.05) is 19.9 Å². The number of anilines is 2. The van der Waals surface area contributed by atoms with Crippen LogP contribution in [-0.4, -0.2) is 87.1 Å². The number of non-ortho nitro benzene ring substituents is 3. The standard InChI is InChI=1S/C17H15BrN4O3.C14H12BrNO6.C9H4BrClN2O2.C9H5BrN2O3.C6H5BrN2O2.C6H10O3/c1-9-5-10(2)21-17(23)13(9)8-20-14-3-4-19-16-12(14)6-11(18)7-15(16)22(24)25;1-14(2)21-12(17)10(13(18)22-14)6-4-8-3-5-9(15)7-11(8)16(19)20;10-5-3-6-7(11)1-2-12-9(6)8(4-5)13(14)15;10-5-3-6-8(13)1-2-11-9(6)7(4-5)12(14)15;7-4-1-2-5(8)6(3-4)9(10)11;1-6(2)8-3-5(7)4-9-6/h3-7H,8H2,1-2H3,(H,19,20)(H,21,23);3,5-7H,4H2,1-2H3;1-4H;1-4H,(H,11,13);1-3H,8H2;3-4H2,1-2H3. The molecule has 0 radical (unpaired) electrons. The minimum atomic E-state index is -1.31. The van der Waals surface area contributed by atoms with Gasteiger partial charge in [0.25, 0.3) is 39.8 Å². The van der Waals surface area contributed by atoms with Crippen molar-refractivity contribution in [1.82, 2.24) is 19.9 Å². The summed E-state index contributed by atoms with van der Waals surface area (Å²) in [4.78, 5) is 123. The SMILES string of the molecule is CC1(C)OC(=O)C(=CCc2ccc(Br)cc2[N+](=O)[O-])C(=O)O1.CC1(C)OCC(=O)CO1.Cc1cc(C)c(CNc2ccnc3c([N+](=O)[O-])cc(Br)cc23)c(=O)[nH]1.Nc1ccc(Br)cc1[N+](=O)[O-].O=[N+]([O-])c1cc(Br)cc2c(Cl)ccnc12.O=c1cc[nH]c2c([N+](=O)[O-])cc(Br)cc12. The monoisotopic (exact) mass is 1670 g/mol. The van der Waals surface area contributed by atoms with Gasteiger partial charge in [-0.25, -0.2) is 19.6 Å². The highest BCUT2D eigenvalue weighted by Gasteiger charge is 2.39. The normalized spacial score (nSPS) is 13.4. The summed E-state index contributed by atoms with van der Waals surface area (Å²) >= 11 is 21.8. The number of Topliss-reactive ketones (excluding diaryl/α,β-unsaturated/α-hetero) is 1. The van der Waals surface area contributed by atoms with Gasteiger partial charge in [-0.05, 0) is 94.3 Å². The zero-order chi connectivity index (χ0) is 72.0. The number of ether oxygens (including phenoxy) is 4. The number of cyclic esters (lactones) is 2. The molecule has 36 heteroatoms. The summed E-state index contributed by atoms with van der Waals surface area (Å²) in [7, 11) is 0. The lowest BCUT2D eigenvalue weighted by molar-refractivity contribution is -0.385. The second-order valence-electron chi connectivity index (χ2n) is 21.1. The van der Waals surface area contributed by atoms with Crippen molar-refractivity contribution in [2.45, 2.75) is 66.1 Å². The number of hydrogen-bond acceptors (Lipinski definition) is 23. The van der Waals surface area contributed by atoms with Gasteiger partial charge in [-0.3, -0.25) is 65.0 Å². The molecule has 2 aliphatic heterocycles. The number of ketones is 1. The molecule has 0 bridgehead atoms. The zero-order valence-electron chi connectivity index (χ0n) is 51.1. The van der Waals surface area contributed by atoms with Crippen LogP contribution in [0.2, 0.25) is 5.02 Å². The van der Waals surface area contributed by atoms with Crippen molar-refractivity contribution in [3.05, 3.63) is 248 Å². The minimum Gasteiger partial charge on any atom is -0.419 e. The summed E-state index contributed by atoms with van der Waals surface area (Å²) in [5.74, 6) is -3.47. The number of nitrogens with zero attached hydrogens (tertiary/aromatic N) is 7. The molecule has 30 nitrogen and oxygen atoms in total. The van der Waals surface area contributed by atoms with E-state index in [1.165, 1.54) is 81.0 Å². The van der Waals surface area contributed by atoms with Crippen molar-refractivity contribution in [1.29, 1.82) is 0 Å². The summed E-state index contributed by atoms with van der Waals surface area (Å²) in [5, 5.41) is 59.2. The van der Waals surface area contributed by atoms with Gasteiger partial charge in [-0.1, -0.05) is 103 Å². The molecule has 9 aromatic rings. The van der Waals surface area contributed by atoms with Crippen LogP contribution >= 0.6 is 91.3 Å². The Hall–Kier alpha value is -9.36. The topological polar surface area (TPSA) is 433 Å². The summed E-state index contributed by atoms with van der Waals surface area (Å²) < 4.78 is 22.8. The number of nitrogen functional groups attached to an aromatic ring is 1. The lowest BCUT2D eigenvalue weighted by atomic mass is 10.1. The van der Waals surface area contributed by atoms with Crippen molar-refractivity contribution in [2.24, 2.45) is 0 Å². The summed E-state index contributed by atoms with van der Waals surface area (Å²) in [6.07, 6.45) is 5.66. The number of nitrogens with two attached hydrogens (primary N) is 1. The number of hydrogen-bond donors (Lipinski definition) is 4. The van der Waals surface area contributed by atoms with Gasteiger partial charge in [-0.2, -0.15) is 0 Å². The predicted octanol–water partition coefficient (Wildman–Crippen LogP) is 14.5. The Bertz CT molecular complexity index is 4750. The molecule has 0 saturated carbocycles. The van der Waals surface area contributed by atoms with Crippen LogP contribution in [-0.2, 0) is 46.3 Å². The average molecular weight is 1680 g/mol. The van der Waals surface area contributed by atoms with Crippen LogP contribution in [0.1, 0.15) is 50.1 Å². The number of halogens is 6. The van der Waals surface area contributed by atoms with Crippen LogP contribution < -0.4 is 22.0 Å². The van der Waals surface area contributed by atoms with Crippen molar-refractivity contribution in [3.63, 3.8) is 0 Å². The van der Waals surface area contributed by atoms with Gasteiger partial charge in [-0.15, -0.1) is 0 Å². The van der Waals surface area contributed by atoms with E-state index in [9.17, 15) is 74.5 Å². The van der Waals surface area contributed by atoms with Crippen LogP contribution in [0, 0.1) is 64.4 Å². The molecule has 0 atom stereocenters. The quantitative estimate of drug-likeness (QED) is 0.0247. The third-order valence-electron chi connectivity index (χ3n) is 13.1. The van der Waals surface area contributed by atoms with Gasteiger partial charge in [0.1, 0.15) is 41.0 Å². The molecule has 11 rings (SSSR count). The number of aromatic amines is 2. The zero-order valence-corrected chi connectivity index (χ0v) is 59.8. The Balaban J connectivity index is 0.000000190. The summed E-state index contributed by atoms with van der Waals surface area (Å²) in [5.41, 5.74) is 8.64. The van der Waals surface area contributed by atoms with Crippen molar-refractivity contribution < 1.29 is 57.9 Å². The minimum absolute atomic E-state index is 0.00863. The lowest BCUT2D eigenvalue weighted by Gasteiger charge is -2.29. The fraction of sp³-hybridized carbons (Fsp3) is 0.197. The highest BCUT2D eigenvalue weighted by molar-refractivity contribution is 9.11. The molecular formula is C61H51Br5ClN11O19. The molecule has 506 valence electrons. The van der Waals surface area contributed by atoms with Crippen LogP contribution in [0.15, 0.2) is 159 Å². The number of carbonyl (C=O) groups excluding carboxylic acids is 3. The van der Waals surface area contributed by atoms with Gasteiger partial charge in [0.05, 0.1) is 35.0 Å². The average Bonchev–Trinajstić information content (AvgIpc) is 0.806. The molecular weight excluding hydrogens is 1630 g/mol. The highest BCUT2D eigenvalue weighted by atomic mass is 79.9. The number of nitrogens with one attached hydrogen (secondary N) is 3. The van der Waals surface area contributed by atoms with E-state index in [0.29, 0.717) is 77.9 Å². The van der Waals surface area contributed by atoms with Crippen LogP contribution in [0.5, 0.6) is 0 Å². The number of esters is 2. The first kappa shape index (κ1) is 76.7. The summed E-state index contributed by atoms with van der Waals surface area (Å²) in [6.45, 7) is 10.9. The van der Waals surface area contributed by atoms with E-state index in [0.717, 1.165) is 11.3 Å². The maximum atomic E-state index is 12.1. The first-order chi connectivity index (χ1) is 45.5. The van der Waals surface area contributed by atoms with Crippen molar-refractivity contribution in [2.75, 3.05) is 24.3 Å². The van der Waals surface area contributed by atoms with E-state index in [-0.39, 0.29) is 81.6 Å². The second kappa shape index (κ2) is 33.5. The fourth-order valence-corrected chi connectivity index (χ4v) is 10.9. The highest BCUT2D eigenvalue weighted by Crippen LogP contribution is 2.35. The van der Waals surface area contributed by atoms with Gasteiger partial charge in [0.15, 0.2) is 17.0 Å². The number of aryl methyl sites for hydroxylation is 2. The Morgan fingerprint density at radius 2 is 1.08 bits per heavy atom. The third-order valence-corrected chi connectivity index (χ3v) is 15.8. The molecule has 2 fully saturated rings. The molecule has 2 aliphatic rings. The van der Waals surface area contributed by atoms with Crippen molar-refractivity contribution in [3.8, 4) is 0 Å². The summed E-state index contributed by atoms with van der Waals surface area (Å²) in [6, 6.07) is 24.8. The van der Waals surface area contributed by atoms with Crippen LogP contribution in [0.25, 0.3) is 32.7 Å². The van der Waals surface area contributed by atoms with Gasteiger partial charge in [0.2, 0.25) is 0 Å². The molecule has 4 aromatic heterocycles. The van der Waals surface area contributed by atoms with Gasteiger partial charge < -0.3 is 40.0 Å². The predicted molar refractivity (Wildman–Crippen MR) is 375 cm³/mol. The molecule has 2 saturated heterocycles. The van der Waals surface area contributed by atoms with E-state index < -0.39 is 48.1 Å². The molecule has 0 unspecified atom stereocenters. The van der Waals surface area contributed by atoms with Crippen LogP contribution in [0.4, 0.5) is 39.8 Å². The first-order valence-corrected chi connectivity index (χ1v) is 31.9. The number of benzene rings is 5. The molecule has 0 aliphatic carbocycles.